The van der Waals surface area contributed by atoms with Crippen LogP contribution in [0.1, 0.15) is 0 Å². The fourth-order valence-corrected chi connectivity index (χ4v) is 1.35. The summed E-state index contributed by atoms with van der Waals surface area (Å²) < 4.78 is 75.2. The SMILES string of the molecule is O=C(Nc1ccc(N([O-])O)cc1)C(Cl)(C(F)(F)F)C(F)(F)F. The quantitative estimate of drug-likeness (QED) is 0.497. The molecule has 1 rings (SSSR count). The van der Waals surface area contributed by atoms with Gasteiger partial charge in [-0.1, -0.05) is 11.6 Å². The van der Waals surface area contributed by atoms with Gasteiger partial charge in [0.05, 0.1) is 5.69 Å². The number of hydrogen-bond acceptors (Lipinski definition) is 4. The van der Waals surface area contributed by atoms with E-state index in [1.54, 1.807) is 0 Å². The van der Waals surface area contributed by atoms with Crippen LogP contribution in [0.4, 0.5) is 37.7 Å². The van der Waals surface area contributed by atoms with Gasteiger partial charge in [0.25, 0.3) is 5.91 Å². The number of hydrogen-bond donors (Lipinski definition) is 2. The molecule has 0 atom stereocenters. The van der Waals surface area contributed by atoms with E-state index in [0.29, 0.717) is 0 Å². The van der Waals surface area contributed by atoms with Crippen LogP contribution in [0.3, 0.4) is 0 Å². The smallest absolute Gasteiger partial charge is 0.425 e. The van der Waals surface area contributed by atoms with Crippen molar-refractivity contribution in [2.45, 2.75) is 17.2 Å². The summed E-state index contributed by atoms with van der Waals surface area (Å²) in [6.07, 6.45) is -12.2. The Morgan fingerprint density at radius 3 is 1.82 bits per heavy atom. The van der Waals surface area contributed by atoms with Crippen LogP contribution in [0.2, 0.25) is 0 Å². The highest BCUT2D eigenvalue weighted by Gasteiger charge is 2.75. The minimum absolute atomic E-state index is 0.359. The van der Waals surface area contributed by atoms with Crippen molar-refractivity contribution in [1.82, 2.24) is 0 Å². The lowest BCUT2D eigenvalue weighted by Gasteiger charge is -2.30. The molecule has 0 unspecified atom stereocenters. The van der Waals surface area contributed by atoms with Gasteiger partial charge in [-0.15, -0.1) is 0 Å². The third kappa shape index (κ3) is 3.36. The van der Waals surface area contributed by atoms with Crippen molar-refractivity contribution >= 4 is 28.9 Å². The van der Waals surface area contributed by atoms with E-state index >= 15 is 0 Å². The molecule has 0 saturated heterocycles. The summed E-state index contributed by atoms with van der Waals surface area (Å²) >= 11 is 4.51. The lowest BCUT2D eigenvalue weighted by Crippen LogP contribution is -2.60. The third-order valence-electron chi connectivity index (χ3n) is 2.44. The molecule has 0 aliphatic rings. The van der Waals surface area contributed by atoms with Gasteiger partial charge >= 0.3 is 17.2 Å². The first-order valence-electron chi connectivity index (χ1n) is 5.20. The Labute approximate surface area is 123 Å². The monoisotopic (exact) mass is 351 g/mol. The van der Waals surface area contributed by atoms with Gasteiger partial charge in [0.1, 0.15) is 0 Å². The van der Waals surface area contributed by atoms with Gasteiger partial charge in [-0.05, 0) is 24.3 Å². The zero-order chi connectivity index (χ0) is 17.3. The van der Waals surface area contributed by atoms with Crippen LogP contribution >= 0.6 is 11.6 Å². The second-order valence-electron chi connectivity index (χ2n) is 3.93. The van der Waals surface area contributed by atoms with E-state index in [9.17, 15) is 36.3 Å². The van der Waals surface area contributed by atoms with Gasteiger partial charge in [-0.25, -0.2) is 0 Å². The summed E-state index contributed by atoms with van der Waals surface area (Å²) in [5, 5.41) is 19.7. The van der Waals surface area contributed by atoms with Crippen LogP contribution < -0.4 is 10.5 Å². The molecule has 0 spiro atoms. The minimum atomic E-state index is -6.09. The summed E-state index contributed by atoms with van der Waals surface area (Å²) in [6, 6.07) is 3.30. The Bertz CT molecular complexity index is 529. The molecule has 0 bridgehead atoms. The van der Waals surface area contributed by atoms with Gasteiger partial charge in [-0.2, -0.15) is 26.3 Å². The van der Waals surface area contributed by atoms with Gasteiger partial charge in [0.2, 0.25) is 0 Å². The molecule has 0 aliphatic carbocycles. The first kappa shape index (κ1) is 18.3. The van der Waals surface area contributed by atoms with E-state index in [1.165, 1.54) is 5.32 Å². The fourth-order valence-electron chi connectivity index (χ4n) is 1.31. The molecular weight excluding hydrogens is 346 g/mol. The van der Waals surface area contributed by atoms with Crippen LogP contribution in [-0.2, 0) is 4.79 Å². The van der Waals surface area contributed by atoms with Crippen molar-refractivity contribution < 1.29 is 36.3 Å². The molecule has 0 fully saturated rings. The molecule has 2 N–H and O–H groups in total. The van der Waals surface area contributed by atoms with Gasteiger partial charge in [0, 0.05) is 5.69 Å². The number of carbonyl (C=O) groups is 1. The highest BCUT2D eigenvalue weighted by atomic mass is 35.5. The third-order valence-corrected chi connectivity index (χ3v) is 3.04. The first-order chi connectivity index (χ1) is 9.80. The molecule has 5 nitrogen and oxygen atoms in total. The average Bonchev–Trinajstić information content (AvgIpc) is 2.35. The minimum Gasteiger partial charge on any atom is -0.733 e. The number of carbonyl (C=O) groups excluding carboxylic acids is 1. The number of benzene rings is 1. The van der Waals surface area contributed by atoms with Crippen molar-refractivity contribution in [3.8, 4) is 0 Å². The summed E-state index contributed by atoms with van der Waals surface area (Å²) in [4.78, 5) is 6.22. The highest BCUT2D eigenvalue weighted by molar-refractivity contribution is 6.38. The fraction of sp³-hybridized carbons (Fsp3) is 0.300. The van der Waals surface area contributed by atoms with E-state index < -0.39 is 34.0 Å². The van der Waals surface area contributed by atoms with E-state index in [0.717, 1.165) is 24.3 Å². The zero-order valence-electron chi connectivity index (χ0n) is 10.2. The Balaban J connectivity index is 3.08. The van der Waals surface area contributed by atoms with Gasteiger partial charge < -0.3 is 15.8 Å². The molecule has 1 aromatic carbocycles. The normalized spacial score (nSPS) is 13.0. The second-order valence-corrected chi connectivity index (χ2v) is 4.49. The summed E-state index contributed by atoms with van der Waals surface area (Å²) in [6.45, 7) is 0. The maximum absolute atomic E-state index is 12.5. The number of nitrogens with zero attached hydrogens (tertiary/aromatic N) is 1. The highest BCUT2D eigenvalue weighted by Crippen LogP contribution is 2.48. The maximum Gasteiger partial charge on any atom is 0.425 e. The maximum atomic E-state index is 12.5. The zero-order valence-corrected chi connectivity index (χ0v) is 10.9. The number of anilines is 2. The van der Waals surface area contributed by atoms with E-state index in [2.05, 4.69) is 11.6 Å². The van der Waals surface area contributed by atoms with E-state index in [-0.39, 0.29) is 5.69 Å². The second kappa shape index (κ2) is 5.82. The molecule has 1 amide bonds. The summed E-state index contributed by atoms with van der Waals surface area (Å²) in [5.41, 5.74) is -0.851. The van der Waals surface area contributed by atoms with Crippen molar-refractivity contribution in [3.05, 3.63) is 29.5 Å². The van der Waals surface area contributed by atoms with Gasteiger partial charge in [0.15, 0.2) is 0 Å². The molecule has 124 valence electrons. The molecule has 12 heteroatoms. The largest absolute Gasteiger partial charge is 0.733 e. The number of amides is 1. The van der Waals surface area contributed by atoms with E-state index in [4.69, 9.17) is 5.21 Å². The molecule has 0 aromatic heterocycles. The van der Waals surface area contributed by atoms with Crippen molar-refractivity contribution in [3.63, 3.8) is 0 Å². The lowest BCUT2D eigenvalue weighted by molar-refractivity contribution is -0.258. The number of nitrogens with one attached hydrogen (secondary N) is 1. The predicted octanol–water partition coefficient (Wildman–Crippen LogP) is 3.42. The molecular formula is C10H6ClF6N2O3-. The van der Waals surface area contributed by atoms with Crippen LogP contribution in [-0.4, -0.2) is 28.3 Å². The number of rotatable bonds is 3. The predicted molar refractivity (Wildman–Crippen MR) is 63.4 cm³/mol. The molecule has 0 aliphatic heterocycles. The number of halogens is 7. The van der Waals surface area contributed by atoms with Crippen LogP contribution in [0.5, 0.6) is 0 Å². The van der Waals surface area contributed by atoms with Crippen molar-refractivity contribution in [1.29, 1.82) is 0 Å². The lowest BCUT2D eigenvalue weighted by atomic mass is 10.1. The Morgan fingerprint density at radius 2 is 1.50 bits per heavy atom. The van der Waals surface area contributed by atoms with Gasteiger partial charge in [-0.3, -0.25) is 10.0 Å². The molecule has 1 aromatic rings. The Kier molecular flexibility index (Phi) is 4.85. The Hall–Kier alpha value is -1.72. The van der Waals surface area contributed by atoms with E-state index in [1.807, 2.05) is 0 Å². The standard InChI is InChI=1S/C10H6ClF6N2O3/c11-8(9(12,13)14,10(15,16)17)7(20)18-5-1-3-6(4-2-5)19(21)22/h1-4,21H,(H,18,20)/q-1. The molecule has 0 saturated carbocycles. The molecule has 0 radical (unpaired) electrons. The molecule has 0 heterocycles. The average molecular weight is 352 g/mol. The summed E-state index contributed by atoms with van der Waals surface area (Å²) in [5.74, 6) is -2.55. The summed E-state index contributed by atoms with van der Waals surface area (Å²) in [7, 11) is 0. The van der Waals surface area contributed by atoms with Crippen LogP contribution in [0.15, 0.2) is 24.3 Å². The van der Waals surface area contributed by atoms with Crippen LogP contribution in [0, 0.1) is 5.21 Å². The van der Waals surface area contributed by atoms with Crippen molar-refractivity contribution in [2.75, 3.05) is 10.5 Å². The van der Waals surface area contributed by atoms with Crippen molar-refractivity contribution in [2.24, 2.45) is 0 Å². The first-order valence-corrected chi connectivity index (χ1v) is 5.58. The topological polar surface area (TPSA) is 75.6 Å². The molecule has 22 heavy (non-hydrogen) atoms. The van der Waals surface area contributed by atoms with Crippen LogP contribution in [0.25, 0.3) is 0 Å². The number of alkyl halides is 7. The Morgan fingerprint density at radius 1 is 1.09 bits per heavy atom.